The van der Waals surface area contributed by atoms with E-state index in [1.165, 1.54) is 19.9 Å². The van der Waals surface area contributed by atoms with Crippen LogP contribution in [0, 0.1) is 52.3 Å². The summed E-state index contributed by atoms with van der Waals surface area (Å²) >= 11 is 0. The van der Waals surface area contributed by atoms with E-state index in [-0.39, 0.29) is 48.2 Å². The number of aliphatic hydroxyl groups excluding tert-OH is 4. The summed E-state index contributed by atoms with van der Waals surface area (Å²) in [7, 11) is 0. The van der Waals surface area contributed by atoms with Crippen molar-refractivity contribution >= 4 is 17.7 Å². The molecule has 7 aliphatic rings. The molecule has 2 aliphatic heterocycles. The molecule has 0 aromatic heterocycles. The summed E-state index contributed by atoms with van der Waals surface area (Å²) in [6.45, 7) is 15.7. The van der Waals surface area contributed by atoms with Crippen molar-refractivity contribution in [2.45, 2.75) is 179 Å². The first-order valence-corrected chi connectivity index (χ1v) is 23.0. The molecule has 2 heterocycles. The number of unbranched alkanes of at least 4 members (excludes halogenated alkanes) is 3. The van der Waals surface area contributed by atoms with Gasteiger partial charge in [-0.2, -0.15) is 0 Å². The molecule has 7 rings (SSSR count). The number of alkyl halides is 1. The molecule has 5 aliphatic carbocycles. The summed E-state index contributed by atoms with van der Waals surface area (Å²) in [4.78, 5) is 41.4. The number of esters is 1. The van der Waals surface area contributed by atoms with E-state index in [0.29, 0.717) is 51.7 Å². The molecule has 2 unspecified atom stereocenters. The molecule has 4 saturated carbocycles. The Morgan fingerprint density at radius 1 is 0.950 bits per heavy atom. The van der Waals surface area contributed by atoms with Crippen LogP contribution in [0.4, 0.5) is 4.39 Å². The average Bonchev–Trinajstić information content (AvgIpc) is 3.45. The van der Waals surface area contributed by atoms with Crippen LogP contribution in [0.2, 0.25) is 0 Å². The number of ketones is 1. The number of aliphatic hydroxyl groups is 6. The van der Waals surface area contributed by atoms with Gasteiger partial charge in [0.05, 0.1) is 29.8 Å². The van der Waals surface area contributed by atoms with Gasteiger partial charge in [-0.3, -0.25) is 19.3 Å². The smallest absolute Gasteiger partial charge is 0.311 e. The van der Waals surface area contributed by atoms with Gasteiger partial charge in [-0.15, -0.1) is 0 Å². The Morgan fingerprint density at radius 3 is 2.28 bits per heavy atom. The molecular formula is C47H75FN2O10. The maximum atomic E-state index is 17.5. The van der Waals surface area contributed by atoms with Crippen molar-refractivity contribution in [3.8, 4) is 0 Å². The van der Waals surface area contributed by atoms with E-state index >= 15 is 4.39 Å². The van der Waals surface area contributed by atoms with Crippen molar-refractivity contribution in [1.29, 1.82) is 0 Å². The van der Waals surface area contributed by atoms with Crippen molar-refractivity contribution in [1.82, 2.24) is 10.2 Å². The Labute approximate surface area is 356 Å². The van der Waals surface area contributed by atoms with Gasteiger partial charge in [0.1, 0.15) is 17.8 Å². The molecule has 2 bridgehead atoms. The van der Waals surface area contributed by atoms with Gasteiger partial charge in [-0.05, 0) is 127 Å². The minimum atomic E-state index is -1.92. The summed E-state index contributed by atoms with van der Waals surface area (Å²) in [5.41, 5.74) is -6.02. The second-order valence-corrected chi connectivity index (χ2v) is 21.0. The first kappa shape index (κ1) is 47.2. The van der Waals surface area contributed by atoms with Gasteiger partial charge in [0.2, 0.25) is 5.91 Å². The predicted molar refractivity (Wildman–Crippen MR) is 224 cm³/mol. The van der Waals surface area contributed by atoms with E-state index in [9.17, 15) is 45.0 Å². The molecular weight excluding hydrogens is 772 g/mol. The number of nitrogens with one attached hydrogen (secondary N) is 1. The molecule has 0 aromatic carbocycles. The first-order valence-electron chi connectivity index (χ1n) is 23.0. The van der Waals surface area contributed by atoms with Gasteiger partial charge < -0.3 is 40.7 Å². The SMILES string of the molecule is CC[C@H]1OC(=O)[C@H](C)[C@@H](O)[C@H](C)[C@@H](O)[C@]2(O)C[C@H](CN(CCCCCCNC(=O)[C@H]3[C@H](C)CC4C5CCC6=CC(=O)C=C[C@]6(C)[C@@]5(F)[C@@H](O)C[C@@]43C)[C@H](C)[C@@H](O)[C@]1(C)O)C2. The second kappa shape index (κ2) is 17.4. The number of rotatable bonds is 9. The van der Waals surface area contributed by atoms with Crippen molar-refractivity contribution in [2.24, 2.45) is 52.3 Å². The van der Waals surface area contributed by atoms with Crippen LogP contribution in [0.15, 0.2) is 23.8 Å². The summed E-state index contributed by atoms with van der Waals surface area (Å²) in [5, 5.41) is 71.6. The summed E-state index contributed by atoms with van der Waals surface area (Å²) in [6.07, 6.45) is 4.49. The van der Waals surface area contributed by atoms with Gasteiger partial charge in [0, 0.05) is 42.3 Å². The predicted octanol–water partition coefficient (Wildman–Crippen LogP) is 4.17. The lowest BCUT2D eigenvalue weighted by molar-refractivity contribution is -0.195. The number of fused-ring (bicyclic) bond motifs is 16. The highest BCUT2D eigenvalue weighted by Crippen LogP contribution is 2.69. The molecule has 12 nitrogen and oxygen atoms in total. The molecule has 6 fully saturated rings. The summed E-state index contributed by atoms with van der Waals surface area (Å²) in [6, 6.07) is -0.546. The number of amides is 1. The summed E-state index contributed by atoms with van der Waals surface area (Å²) in [5.74, 6) is -3.63. The Hall–Kier alpha value is -2.26. The number of carbonyl (C=O) groups excluding carboxylic acids is 3. The summed E-state index contributed by atoms with van der Waals surface area (Å²) < 4.78 is 23.2. The first-order chi connectivity index (χ1) is 28.0. The van der Waals surface area contributed by atoms with Crippen LogP contribution in [-0.4, -0.2) is 126 Å². The van der Waals surface area contributed by atoms with Crippen LogP contribution in [0.25, 0.3) is 0 Å². The molecule has 340 valence electrons. The number of nitrogens with zero attached hydrogens (tertiary/aromatic N) is 1. The highest BCUT2D eigenvalue weighted by atomic mass is 19.1. The fraction of sp³-hybridized carbons (Fsp3) is 0.851. The third-order valence-corrected chi connectivity index (χ3v) is 17.1. The number of hydrogen-bond donors (Lipinski definition) is 7. The lowest BCUT2D eigenvalue weighted by atomic mass is 9.45. The third kappa shape index (κ3) is 7.97. The number of halogens is 1. The molecule has 7 N–H and O–H groups in total. The number of ether oxygens (including phenoxy) is 1. The van der Waals surface area contributed by atoms with E-state index < -0.39 is 88.0 Å². The van der Waals surface area contributed by atoms with Crippen molar-refractivity contribution in [3.05, 3.63) is 23.8 Å². The Kier molecular flexibility index (Phi) is 13.7. The average molecular weight is 847 g/mol. The van der Waals surface area contributed by atoms with Gasteiger partial charge in [0.25, 0.3) is 0 Å². The van der Waals surface area contributed by atoms with E-state index in [1.807, 2.05) is 13.8 Å². The van der Waals surface area contributed by atoms with E-state index in [2.05, 4.69) is 24.1 Å². The fourth-order valence-corrected chi connectivity index (χ4v) is 13.4. The molecule has 2 saturated heterocycles. The van der Waals surface area contributed by atoms with Crippen LogP contribution in [0.3, 0.4) is 0 Å². The van der Waals surface area contributed by atoms with Gasteiger partial charge in [-0.25, -0.2) is 4.39 Å². The van der Waals surface area contributed by atoms with Gasteiger partial charge in [0.15, 0.2) is 11.5 Å². The second-order valence-electron chi connectivity index (χ2n) is 21.0. The molecule has 60 heavy (non-hydrogen) atoms. The van der Waals surface area contributed by atoms with E-state index in [0.717, 1.165) is 31.3 Å². The zero-order valence-corrected chi connectivity index (χ0v) is 37.3. The Bertz CT molecular complexity index is 1670. The van der Waals surface area contributed by atoms with Crippen molar-refractivity contribution in [3.63, 3.8) is 0 Å². The standard InChI is InChI=1S/C47H75FN2O10/c1-9-36-45(8,58)40(55)29(5)50(25-30-22-46(59,23-30)39(54)27(3)38(53)28(4)42(57)60-36)19-13-11-10-12-18-49-41(56)37-26(2)20-34-33-15-14-31-21-32(51)16-17-44(31,7)47(33,48)35(52)24-43(34,37)6/h16-17,21,26-30,33-40,52-55,58-59H,9-15,18-20,22-25H2,1-8H3,(H,49,56)/t26-,27+,28-,29-,30-,33?,34?,35+,36-,37-,38+,39-,40-,43+,44+,45-,46-,47+/m1/s1. The van der Waals surface area contributed by atoms with Crippen LogP contribution in [0.5, 0.6) is 0 Å². The van der Waals surface area contributed by atoms with Gasteiger partial charge >= 0.3 is 5.97 Å². The normalized spacial score (nSPS) is 48.6. The maximum Gasteiger partial charge on any atom is 0.311 e. The molecule has 0 spiro atoms. The third-order valence-electron chi connectivity index (χ3n) is 17.1. The monoisotopic (exact) mass is 847 g/mol. The minimum Gasteiger partial charge on any atom is -0.459 e. The molecule has 16 atom stereocenters. The number of allylic oxidation sites excluding steroid dienone is 4. The van der Waals surface area contributed by atoms with Crippen LogP contribution < -0.4 is 5.32 Å². The molecule has 13 heteroatoms. The molecule has 1 amide bonds. The highest BCUT2D eigenvalue weighted by molar-refractivity contribution is 6.01. The molecule has 0 radical (unpaired) electrons. The van der Waals surface area contributed by atoms with Gasteiger partial charge in [-0.1, -0.05) is 52.2 Å². The number of carbonyl (C=O) groups is 3. The lowest BCUT2D eigenvalue weighted by Crippen LogP contribution is -2.67. The van der Waals surface area contributed by atoms with E-state index in [4.69, 9.17) is 4.74 Å². The number of hydrogen-bond acceptors (Lipinski definition) is 11. The largest absolute Gasteiger partial charge is 0.459 e. The fourth-order valence-electron chi connectivity index (χ4n) is 13.4. The quantitative estimate of drug-likeness (QED) is 0.130. The zero-order valence-electron chi connectivity index (χ0n) is 37.3. The highest BCUT2D eigenvalue weighted by Gasteiger charge is 2.72. The molecule has 0 aromatic rings. The van der Waals surface area contributed by atoms with Crippen LogP contribution >= 0.6 is 0 Å². The van der Waals surface area contributed by atoms with Crippen molar-refractivity contribution < 1.29 is 54.2 Å². The van der Waals surface area contributed by atoms with E-state index in [1.54, 1.807) is 26.0 Å². The van der Waals surface area contributed by atoms with Crippen LogP contribution in [-0.2, 0) is 19.1 Å². The minimum absolute atomic E-state index is 0.00234. The topological polar surface area (TPSA) is 197 Å². The Morgan fingerprint density at radius 2 is 1.62 bits per heavy atom. The maximum absolute atomic E-state index is 17.5. The lowest BCUT2D eigenvalue weighted by Gasteiger charge is -2.61. The zero-order chi connectivity index (χ0) is 44.3. The van der Waals surface area contributed by atoms with Crippen molar-refractivity contribution in [2.75, 3.05) is 19.6 Å². The Balaban J connectivity index is 1.04. The van der Waals surface area contributed by atoms with Crippen LogP contribution in [0.1, 0.15) is 126 Å².